The van der Waals surface area contributed by atoms with Gasteiger partial charge in [-0.15, -0.1) is 0 Å². The molecule has 2 aromatic rings. The van der Waals surface area contributed by atoms with E-state index < -0.39 is 21.9 Å². The van der Waals surface area contributed by atoms with Gasteiger partial charge in [0.25, 0.3) is 0 Å². The Hall–Kier alpha value is -2.85. The van der Waals surface area contributed by atoms with Crippen molar-refractivity contribution in [2.24, 2.45) is 13.0 Å². The summed E-state index contributed by atoms with van der Waals surface area (Å²) in [5, 5.41) is 2.95. The average molecular weight is 505 g/mol. The van der Waals surface area contributed by atoms with Crippen LogP contribution in [-0.4, -0.2) is 63.0 Å². The minimum absolute atomic E-state index is 0.0296. The topological polar surface area (TPSA) is 101 Å². The fourth-order valence-corrected chi connectivity index (χ4v) is 6.43. The highest BCUT2D eigenvalue weighted by molar-refractivity contribution is 7.89. The number of benzene rings is 1. The Kier molecular flexibility index (Phi) is 8.27. The summed E-state index contributed by atoms with van der Waals surface area (Å²) in [5.41, 5.74) is 3.12. The number of carbonyl (C=O) groups is 2. The van der Waals surface area contributed by atoms with Gasteiger partial charge in [0, 0.05) is 57.9 Å². The van der Waals surface area contributed by atoms with Crippen LogP contribution in [0.5, 0.6) is 0 Å². The molecule has 2 heterocycles. The molecule has 1 saturated heterocycles. The Morgan fingerprint density at radius 2 is 1.80 bits per heavy atom. The van der Waals surface area contributed by atoms with E-state index in [0.29, 0.717) is 37.3 Å². The van der Waals surface area contributed by atoms with E-state index in [1.54, 1.807) is 32.4 Å². The number of anilines is 1. The number of sulfonamides is 1. The fraction of sp³-hybridized carbons (Fsp3) is 0.520. The van der Waals surface area contributed by atoms with Crippen LogP contribution < -0.4 is 10.2 Å². The van der Waals surface area contributed by atoms with Crippen LogP contribution >= 0.6 is 0 Å². The Labute approximate surface area is 208 Å². The summed E-state index contributed by atoms with van der Waals surface area (Å²) in [6, 6.07) is 7.90. The van der Waals surface area contributed by atoms with Gasteiger partial charge in [-0.25, -0.2) is 13.2 Å². The molecular weight excluding hydrogens is 468 g/mol. The molecule has 35 heavy (non-hydrogen) atoms. The van der Waals surface area contributed by atoms with Crippen molar-refractivity contribution in [3.05, 3.63) is 46.8 Å². The molecule has 1 aromatic heterocycles. The van der Waals surface area contributed by atoms with Crippen molar-refractivity contribution in [1.29, 1.82) is 0 Å². The van der Waals surface area contributed by atoms with E-state index in [2.05, 4.69) is 5.32 Å². The second-order valence-electron chi connectivity index (χ2n) is 9.14. The highest BCUT2D eigenvalue weighted by atomic mass is 32.2. The molecule has 3 rings (SSSR count). The summed E-state index contributed by atoms with van der Waals surface area (Å²) in [7, 11) is 1.65. The van der Waals surface area contributed by atoms with Gasteiger partial charge in [0.1, 0.15) is 10.5 Å². The first kappa shape index (κ1) is 26.7. The SMILES string of the molecule is CCOC(=O)c1c(S(=O)(=O)N2CCCC(C(=O)NCc3ccc(N(C)C)cc3)C2)c(C)n(C)c1C. The van der Waals surface area contributed by atoms with Crippen LogP contribution in [0.25, 0.3) is 0 Å². The number of hydrogen-bond acceptors (Lipinski definition) is 6. The van der Waals surface area contributed by atoms with Crippen molar-refractivity contribution in [2.75, 3.05) is 38.7 Å². The number of piperidine rings is 1. The van der Waals surface area contributed by atoms with Crippen LogP contribution in [-0.2, 0) is 33.1 Å². The Morgan fingerprint density at radius 1 is 1.14 bits per heavy atom. The molecule has 0 aliphatic carbocycles. The molecule has 10 heteroatoms. The van der Waals surface area contributed by atoms with Gasteiger partial charge in [0.15, 0.2) is 0 Å². The van der Waals surface area contributed by atoms with E-state index in [-0.39, 0.29) is 29.5 Å². The summed E-state index contributed by atoms with van der Waals surface area (Å²) in [6.07, 6.45) is 1.17. The van der Waals surface area contributed by atoms with Crippen molar-refractivity contribution in [3.63, 3.8) is 0 Å². The number of nitrogens with zero attached hydrogens (tertiary/aromatic N) is 3. The van der Waals surface area contributed by atoms with Crippen molar-refractivity contribution in [1.82, 2.24) is 14.2 Å². The van der Waals surface area contributed by atoms with Gasteiger partial charge in [-0.05, 0) is 51.3 Å². The number of ether oxygens (including phenoxy) is 1. The van der Waals surface area contributed by atoms with E-state index in [1.807, 2.05) is 43.3 Å². The Bertz CT molecular complexity index is 1190. The Balaban J connectivity index is 1.76. The zero-order valence-corrected chi connectivity index (χ0v) is 22.2. The van der Waals surface area contributed by atoms with Crippen LogP contribution in [0, 0.1) is 19.8 Å². The smallest absolute Gasteiger partial charge is 0.341 e. The van der Waals surface area contributed by atoms with E-state index in [0.717, 1.165) is 11.3 Å². The largest absolute Gasteiger partial charge is 0.462 e. The number of esters is 1. The average Bonchev–Trinajstić information content (AvgIpc) is 3.07. The van der Waals surface area contributed by atoms with Gasteiger partial charge in [0.05, 0.1) is 12.5 Å². The molecule has 1 atom stereocenters. The van der Waals surface area contributed by atoms with Crippen LogP contribution in [0.4, 0.5) is 5.69 Å². The van der Waals surface area contributed by atoms with Gasteiger partial charge in [-0.3, -0.25) is 4.79 Å². The standard InChI is InChI=1S/C25H36N4O5S/c1-7-34-25(31)22-17(2)28(6)18(3)23(22)35(32,33)29-14-8-9-20(16-29)24(30)26-15-19-10-12-21(13-11-19)27(4)5/h10-13,20H,7-9,14-16H2,1-6H3,(H,26,30). The van der Waals surface area contributed by atoms with Crippen molar-refractivity contribution < 1.29 is 22.7 Å². The molecule has 1 aliphatic heterocycles. The molecule has 192 valence electrons. The maximum atomic E-state index is 13.7. The summed E-state index contributed by atoms with van der Waals surface area (Å²) >= 11 is 0. The van der Waals surface area contributed by atoms with Crippen LogP contribution in [0.3, 0.4) is 0 Å². The molecule has 1 aromatic carbocycles. The maximum Gasteiger partial charge on any atom is 0.341 e. The van der Waals surface area contributed by atoms with Crippen molar-refractivity contribution in [3.8, 4) is 0 Å². The molecule has 1 unspecified atom stereocenters. The van der Waals surface area contributed by atoms with Crippen LogP contribution in [0.1, 0.15) is 47.1 Å². The lowest BCUT2D eigenvalue weighted by Gasteiger charge is -2.31. The van der Waals surface area contributed by atoms with Crippen LogP contribution in [0.2, 0.25) is 0 Å². The van der Waals surface area contributed by atoms with Gasteiger partial charge in [-0.2, -0.15) is 4.31 Å². The molecule has 1 N–H and O–H groups in total. The molecule has 1 aliphatic rings. The number of rotatable bonds is 8. The maximum absolute atomic E-state index is 13.7. The molecule has 0 radical (unpaired) electrons. The van der Waals surface area contributed by atoms with Crippen molar-refractivity contribution in [2.45, 2.75) is 45.1 Å². The molecule has 1 amide bonds. The summed E-state index contributed by atoms with van der Waals surface area (Å²) in [6.45, 7) is 5.96. The lowest BCUT2D eigenvalue weighted by molar-refractivity contribution is -0.126. The van der Waals surface area contributed by atoms with Gasteiger partial charge >= 0.3 is 5.97 Å². The highest BCUT2D eigenvalue weighted by Crippen LogP contribution is 2.32. The second kappa shape index (κ2) is 10.8. The molecular formula is C25H36N4O5S. The third-order valence-corrected chi connectivity index (χ3v) is 8.70. The molecule has 0 saturated carbocycles. The van der Waals surface area contributed by atoms with Crippen LogP contribution in [0.15, 0.2) is 29.2 Å². The van der Waals surface area contributed by atoms with Gasteiger partial charge < -0.3 is 19.5 Å². The molecule has 9 nitrogen and oxygen atoms in total. The number of amides is 1. The third-order valence-electron chi connectivity index (χ3n) is 6.68. The molecule has 1 fully saturated rings. The van der Waals surface area contributed by atoms with Crippen molar-refractivity contribution >= 4 is 27.6 Å². The first-order valence-corrected chi connectivity index (χ1v) is 13.3. The first-order chi connectivity index (χ1) is 16.5. The number of hydrogen-bond donors (Lipinski definition) is 1. The fourth-order valence-electron chi connectivity index (χ4n) is 4.43. The van der Waals surface area contributed by atoms with E-state index in [9.17, 15) is 18.0 Å². The zero-order chi connectivity index (χ0) is 25.9. The lowest BCUT2D eigenvalue weighted by atomic mass is 9.98. The minimum atomic E-state index is -4.01. The lowest BCUT2D eigenvalue weighted by Crippen LogP contribution is -2.45. The predicted molar refractivity (Wildman–Crippen MR) is 135 cm³/mol. The normalized spacial score (nSPS) is 16.7. The summed E-state index contributed by atoms with van der Waals surface area (Å²) in [5.74, 6) is -1.29. The van der Waals surface area contributed by atoms with E-state index >= 15 is 0 Å². The van der Waals surface area contributed by atoms with Gasteiger partial charge in [0.2, 0.25) is 15.9 Å². The third kappa shape index (κ3) is 5.54. The minimum Gasteiger partial charge on any atom is -0.462 e. The zero-order valence-electron chi connectivity index (χ0n) is 21.4. The van der Waals surface area contributed by atoms with Gasteiger partial charge in [-0.1, -0.05) is 12.1 Å². The number of nitrogens with one attached hydrogen (secondary N) is 1. The first-order valence-electron chi connectivity index (χ1n) is 11.9. The van der Waals surface area contributed by atoms with E-state index in [1.165, 1.54) is 4.31 Å². The quantitative estimate of drug-likeness (QED) is 0.555. The Morgan fingerprint density at radius 3 is 2.40 bits per heavy atom. The van der Waals surface area contributed by atoms with E-state index in [4.69, 9.17) is 4.74 Å². The molecule has 0 spiro atoms. The highest BCUT2D eigenvalue weighted by Gasteiger charge is 2.38. The predicted octanol–water partition coefficient (Wildman–Crippen LogP) is 2.60. The second-order valence-corrected chi connectivity index (χ2v) is 11.0. The molecule has 0 bridgehead atoms. The summed E-state index contributed by atoms with van der Waals surface area (Å²) < 4.78 is 35.6. The number of aromatic nitrogens is 1. The number of carbonyl (C=O) groups excluding carboxylic acids is 2. The summed E-state index contributed by atoms with van der Waals surface area (Å²) in [4.78, 5) is 27.5. The monoisotopic (exact) mass is 504 g/mol.